The van der Waals surface area contributed by atoms with Gasteiger partial charge in [0.1, 0.15) is 5.54 Å². The summed E-state index contributed by atoms with van der Waals surface area (Å²) in [4.78, 5) is 26.8. The van der Waals surface area contributed by atoms with Crippen molar-refractivity contribution in [3.63, 3.8) is 0 Å². The molecule has 29 heavy (non-hydrogen) atoms. The Morgan fingerprint density at radius 2 is 1.83 bits per heavy atom. The van der Waals surface area contributed by atoms with Crippen LogP contribution >= 0.6 is 24.8 Å². The fraction of sp³-hybridized carbons (Fsp3) is 0.300. The Kier molecular flexibility index (Phi) is 8.47. The van der Waals surface area contributed by atoms with Crippen molar-refractivity contribution in [2.24, 2.45) is 5.73 Å². The molecule has 7 nitrogen and oxygen atoms in total. The molecule has 1 atom stereocenters. The third-order valence-electron chi connectivity index (χ3n) is 4.54. The Labute approximate surface area is 181 Å². The van der Waals surface area contributed by atoms with Crippen molar-refractivity contribution in [2.45, 2.75) is 19.0 Å². The molecule has 0 bridgehead atoms. The van der Waals surface area contributed by atoms with Gasteiger partial charge >= 0.3 is 5.76 Å². The number of hydrogen-bond donors (Lipinski definition) is 2. The number of benzene rings is 2. The van der Waals surface area contributed by atoms with E-state index in [2.05, 4.69) is 5.32 Å². The fourth-order valence-electron chi connectivity index (χ4n) is 2.83. The Morgan fingerprint density at radius 3 is 2.45 bits per heavy atom. The lowest BCUT2D eigenvalue weighted by Crippen LogP contribution is -2.45. The first kappa shape index (κ1) is 24.7. The summed E-state index contributed by atoms with van der Waals surface area (Å²) >= 11 is 0. The number of aromatic nitrogens is 1. The van der Waals surface area contributed by atoms with Gasteiger partial charge in [0.2, 0.25) is 5.91 Å². The number of carbonyl (C=O) groups is 1. The van der Waals surface area contributed by atoms with Crippen LogP contribution in [-0.4, -0.2) is 36.0 Å². The van der Waals surface area contributed by atoms with E-state index < -0.39 is 11.3 Å². The molecule has 1 unspecified atom stereocenters. The Balaban J connectivity index is 0.00000210. The summed E-state index contributed by atoms with van der Waals surface area (Å²) in [6.45, 7) is 2.86. The van der Waals surface area contributed by atoms with Gasteiger partial charge in [0.05, 0.1) is 5.52 Å². The minimum Gasteiger partial charge on any atom is -0.408 e. The van der Waals surface area contributed by atoms with E-state index in [1.165, 1.54) is 0 Å². The van der Waals surface area contributed by atoms with Gasteiger partial charge in [-0.1, -0.05) is 30.3 Å². The fourth-order valence-corrected chi connectivity index (χ4v) is 2.83. The van der Waals surface area contributed by atoms with E-state index in [-0.39, 0.29) is 30.7 Å². The van der Waals surface area contributed by atoms with Gasteiger partial charge in [0.25, 0.3) is 0 Å². The van der Waals surface area contributed by atoms with Gasteiger partial charge < -0.3 is 20.4 Å². The average molecular weight is 441 g/mol. The maximum absolute atomic E-state index is 12.7. The number of fused-ring (bicyclic) bond motifs is 1. The second kappa shape index (κ2) is 9.93. The predicted molar refractivity (Wildman–Crippen MR) is 120 cm³/mol. The van der Waals surface area contributed by atoms with Gasteiger partial charge in [-0.2, -0.15) is 0 Å². The maximum atomic E-state index is 12.7. The Morgan fingerprint density at radius 1 is 1.17 bits per heavy atom. The highest BCUT2D eigenvalue weighted by atomic mass is 35.5. The molecule has 0 radical (unpaired) electrons. The van der Waals surface area contributed by atoms with Crippen LogP contribution in [0.5, 0.6) is 0 Å². The van der Waals surface area contributed by atoms with Crippen molar-refractivity contribution in [1.29, 1.82) is 0 Å². The third-order valence-corrected chi connectivity index (χ3v) is 4.54. The Bertz CT molecular complexity index is 1010. The number of halogens is 2. The van der Waals surface area contributed by atoms with Crippen molar-refractivity contribution in [2.75, 3.05) is 26.0 Å². The summed E-state index contributed by atoms with van der Waals surface area (Å²) in [5.74, 6) is -0.748. The van der Waals surface area contributed by atoms with E-state index in [1.807, 2.05) is 49.3 Å². The molecular formula is C20H26Cl2N4O3. The van der Waals surface area contributed by atoms with Crippen LogP contribution in [0.1, 0.15) is 12.5 Å². The van der Waals surface area contributed by atoms with Crippen molar-refractivity contribution >= 4 is 47.5 Å². The molecule has 0 aliphatic heterocycles. The van der Waals surface area contributed by atoms with Crippen LogP contribution in [0.25, 0.3) is 11.1 Å². The summed E-state index contributed by atoms with van der Waals surface area (Å²) in [6, 6.07) is 14.3. The van der Waals surface area contributed by atoms with E-state index in [4.69, 9.17) is 10.2 Å². The number of nitrogens with zero attached hydrogens (tertiary/aromatic N) is 2. The lowest BCUT2D eigenvalue weighted by molar-refractivity contribution is -0.120. The number of nitrogens with one attached hydrogen (secondary N) is 1. The number of rotatable bonds is 6. The standard InChI is InChI=1S/C20H24N4O3.2ClH/c1-20(21,14-7-5-4-6-8-14)18(25)22-15-9-10-17-16(13-15)24(19(26)27-17)12-11-23(2)3;;/h4-10,13H,11-12,21H2,1-3H3,(H,22,25);2*1H. The second-order valence-corrected chi connectivity index (χ2v) is 7.03. The van der Waals surface area contributed by atoms with E-state index >= 15 is 0 Å². The maximum Gasteiger partial charge on any atom is 0.419 e. The van der Waals surface area contributed by atoms with Gasteiger partial charge in [0.15, 0.2) is 5.58 Å². The minimum atomic E-state index is -1.18. The predicted octanol–water partition coefficient (Wildman–Crippen LogP) is 2.81. The van der Waals surface area contributed by atoms with Crippen LogP contribution in [0.2, 0.25) is 0 Å². The topological polar surface area (TPSA) is 93.5 Å². The van der Waals surface area contributed by atoms with Gasteiger partial charge in [-0.3, -0.25) is 9.36 Å². The molecule has 3 rings (SSSR count). The highest BCUT2D eigenvalue weighted by Gasteiger charge is 2.30. The number of hydrogen-bond acceptors (Lipinski definition) is 5. The van der Waals surface area contributed by atoms with E-state index in [0.29, 0.717) is 29.9 Å². The molecule has 1 aromatic heterocycles. The molecule has 9 heteroatoms. The van der Waals surface area contributed by atoms with Crippen LogP contribution in [0.4, 0.5) is 5.69 Å². The monoisotopic (exact) mass is 440 g/mol. The molecule has 0 saturated heterocycles. The highest BCUT2D eigenvalue weighted by Crippen LogP contribution is 2.22. The lowest BCUT2D eigenvalue weighted by Gasteiger charge is -2.24. The molecule has 1 amide bonds. The summed E-state index contributed by atoms with van der Waals surface area (Å²) in [5.41, 5.74) is 7.47. The molecule has 0 aliphatic rings. The van der Waals surface area contributed by atoms with Crippen LogP contribution in [-0.2, 0) is 16.9 Å². The first-order chi connectivity index (χ1) is 12.8. The molecule has 158 valence electrons. The summed E-state index contributed by atoms with van der Waals surface area (Å²) in [7, 11) is 3.87. The van der Waals surface area contributed by atoms with Gasteiger partial charge in [-0.25, -0.2) is 4.79 Å². The third kappa shape index (κ3) is 5.39. The molecule has 1 heterocycles. The molecule has 3 N–H and O–H groups in total. The normalized spacial score (nSPS) is 12.7. The minimum absolute atomic E-state index is 0. The average Bonchev–Trinajstić information content (AvgIpc) is 2.95. The first-order valence-corrected chi connectivity index (χ1v) is 8.73. The second-order valence-electron chi connectivity index (χ2n) is 7.03. The number of carbonyl (C=O) groups excluding carboxylic acids is 1. The SMILES string of the molecule is CN(C)CCn1c(=O)oc2ccc(NC(=O)C(C)(N)c3ccccc3)cc21.Cl.Cl. The molecule has 0 aliphatic carbocycles. The van der Waals surface area contributed by atoms with Crippen LogP contribution in [0.15, 0.2) is 57.7 Å². The van der Waals surface area contributed by atoms with Crippen molar-refractivity contribution < 1.29 is 9.21 Å². The number of nitrogens with two attached hydrogens (primary N) is 1. The van der Waals surface area contributed by atoms with Crippen molar-refractivity contribution in [3.8, 4) is 0 Å². The van der Waals surface area contributed by atoms with E-state index in [0.717, 1.165) is 5.56 Å². The molecule has 0 saturated carbocycles. The van der Waals surface area contributed by atoms with E-state index in [1.54, 1.807) is 29.7 Å². The zero-order valence-electron chi connectivity index (χ0n) is 16.5. The first-order valence-electron chi connectivity index (χ1n) is 8.73. The van der Waals surface area contributed by atoms with Gasteiger partial charge in [0, 0.05) is 18.8 Å². The largest absolute Gasteiger partial charge is 0.419 e. The summed E-state index contributed by atoms with van der Waals surface area (Å²) in [5, 5.41) is 2.84. The smallest absolute Gasteiger partial charge is 0.408 e. The van der Waals surface area contributed by atoms with Crippen molar-refractivity contribution in [3.05, 3.63) is 64.6 Å². The molecule has 0 spiro atoms. The van der Waals surface area contributed by atoms with E-state index in [9.17, 15) is 9.59 Å². The van der Waals surface area contributed by atoms with Gasteiger partial charge in [-0.05, 0) is 44.8 Å². The van der Waals surface area contributed by atoms with Gasteiger partial charge in [-0.15, -0.1) is 24.8 Å². The number of oxazole rings is 1. The molecule has 2 aromatic carbocycles. The number of likely N-dealkylation sites (N-methyl/N-ethyl adjacent to an activating group) is 1. The zero-order chi connectivity index (χ0) is 19.6. The Hall–Kier alpha value is -2.32. The van der Waals surface area contributed by atoms with Crippen LogP contribution in [0.3, 0.4) is 0 Å². The lowest BCUT2D eigenvalue weighted by atomic mass is 9.92. The highest BCUT2D eigenvalue weighted by molar-refractivity contribution is 5.99. The van der Waals surface area contributed by atoms with Crippen LogP contribution < -0.4 is 16.8 Å². The summed E-state index contributed by atoms with van der Waals surface area (Å²) in [6.07, 6.45) is 0. The van der Waals surface area contributed by atoms with Crippen molar-refractivity contribution in [1.82, 2.24) is 9.47 Å². The number of anilines is 1. The quantitative estimate of drug-likeness (QED) is 0.614. The molecular weight excluding hydrogens is 415 g/mol. The summed E-state index contributed by atoms with van der Waals surface area (Å²) < 4.78 is 6.84. The van der Waals surface area contributed by atoms with Crippen LogP contribution in [0, 0.1) is 0 Å². The zero-order valence-corrected chi connectivity index (χ0v) is 18.2. The number of amides is 1. The molecule has 0 fully saturated rings. The molecule has 3 aromatic rings.